The van der Waals surface area contributed by atoms with Crippen molar-refractivity contribution >= 4 is 73.6 Å². The number of fused-ring (bicyclic) bond motifs is 3. The van der Waals surface area contributed by atoms with E-state index in [-0.39, 0.29) is 51.0 Å². The van der Waals surface area contributed by atoms with Crippen molar-refractivity contribution in [2.45, 2.75) is 105 Å². The van der Waals surface area contributed by atoms with E-state index in [4.69, 9.17) is 19.2 Å². The molecule has 2 aliphatic heterocycles. The molecule has 4 atom stereocenters. The van der Waals surface area contributed by atoms with E-state index in [1.807, 2.05) is 105 Å². The van der Waals surface area contributed by atoms with Crippen molar-refractivity contribution in [2.75, 3.05) is 44.9 Å². The van der Waals surface area contributed by atoms with Crippen LogP contribution in [0, 0.1) is 33.1 Å². The summed E-state index contributed by atoms with van der Waals surface area (Å²) in [5, 5.41) is 29.3. The van der Waals surface area contributed by atoms with Crippen molar-refractivity contribution in [3.63, 3.8) is 0 Å². The number of halogens is 1. The molecule has 0 spiro atoms. The fourth-order valence-electron chi connectivity index (χ4n) is 9.02. The molecule has 5 heterocycles. The number of rotatable bonds is 21. The van der Waals surface area contributed by atoms with Crippen LogP contribution in [0.4, 0.5) is 5.69 Å². The van der Waals surface area contributed by atoms with Gasteiger partial charge in [0.15, 0.2) is 5.82 Å². The Hall–Kier alpha value is -6.16. The number of likely N-dealkylation sites (tertiary alicyclic amines) is 1. The Labute approximate surface area is 453 Å². The molecular formula is C55H64BrN9O8S2. The lowest BCUT2D eigenvalue weighted by Crippen LogP contribution is -2.58. The number of hydrogen-bond donors (Lipinski definition) is 4. The minimum absolute atomic E-state index is 0.0162. The average molecular weight is 1120 g/mol. The highest BCUT2D eigenvalue weighted by Gasteiger charge is 2.44. The van der Waals surface area contributed by atoms with Gasteiger partial charge in [0, 0.05) is 71.9 Å². The van der Waals surface area contributed by atoms with Gasteiger partial charge in [-0.2, -0.15) is 0 Å². The minimum Gasteiger partial charge on any atom is -0.494 e. The van der Waals surface area contributed by atoms with Crippen LogP contribution in [0.25, 0.3) is 15.4 Å². The van der Waals surface area contributed by atoms with Crippen LogP contribution in [0.2, 0.25) is 0 Å². The van der Waals surface area contributed by atoms with Gasteiger partial charge in [0.2, 0.25) is 23.6 Å². The van der Waals surface area contributed by atoms with Gasteiger partial charge in [0.25, 0.3) is 0 Å². The molecule has 3 aromatic carbocycles. The van der Waals surface area contributed by atoms with Gasteiger partial charge in [0.05, 0.1) is 40.9 Å². The number of aryl methyl sites for hydroxylation is 3. The number of nitrogens with one attached hydrogen (secondary N) is 3. The van der Waals surface area contributed by atoms with Crippen molar-refractivity contribution in [1.82, 2.24) is 35.3 Å². The molecule has 0 saturated carbocycles. The molecular weight excluding hydrogens is 1060 g/mol. The van der Waals surface area contributed by atoms with Gasteiger partial charge in [0.1, 0.15) is 41.3 Å². The molecule has 396 valence electrons. The summed E-state index contributed by atoms with van der Waals surface area (Å²) in [5.74, 6) is 0.529. The van der Waals surface area contributed by atoms with Gasteiger partial charge in [-0.15, -0.1) is 32.9 Å². The number of benzene rings is 3. The van der Waals surface area contributed by atoms with E-state index in [0.29, 0.717) is 49.9 Å². The number of aliphatic hydroxyl groups is 1. The van der Waals surface area contributed by atoms with Crippen molar-refractivity contribution in [3.05, 3.63) is 127 Å². The normalized spacial score (nSPS) is 16.6. The molecule has 75 heavy (non-hydrogen) atoms. The molecule has 3 aromatic heterocycles. The predicted octanol–water partition coefficient (Wildman–Crippen LogP) is 8.37. The van der Waals surface area contributed by atoms with Crippen LogP contribution in [0.1, 0.15) is 97.0 Å². The number of thiazole rings is 1. The van der Waals surface area contributed by atoms with Crippen LogP contribution in [-0.2, 0) is 35.2 Å². The van der Waals surface area contributed by atoms with Crippen LogP contribution in [0.3, 0.4) is 0 Å². The summed E-state index contributed by atoms with van der Waals surface area (Å²) < 4.78 is 20.3. The molecule has 8 rings (SSSR count). The van der Waals surface area contributed by atoms with Crippen LogP contribution >= 0.6 is 38.6 Å². The number of nitrogens with zero attached hydrogens (tertiary/aromatic N) is 6. The number of aromatic nitrogens is 4. The van der Waals surface area contributed by atoms with E-state index < -0.39 is 41.5 Å². The van der Waals surface area contributed by atoms with Crippen LogP contribution in [-0.4, -0.2) is 117 Å². The Morgan fingerprint density at radius 2 is 1.56 bits per heavy atom. The molecule has 2 aliphatic rings. The lowest BCUT2D eigenvalue weighted by atomic mass is 9.85. The van der Waals surface area contributed by atoms with Gasteiger partial charge in [-0.25, -0.2) is 4.98 Å². The summed E-state index contributed by atoms with van der Waals surface area (Å²) in [6.45, 7) is 15.2. The highest BCUT2D eigenvalue weighted by molar-refractivity contribution is 9.10. The lowest BCUT2D eigenvalue weighted by Gasteiger charge is -2.35. The van der Waals surface area contributed by atoms with E-state index in [1.54, 1.807) is 34.8 Å². The van der Waals surface area contributed by atoms with Crippen molar-refractivity contribution < 1.29 is 38.5 Å². The van der Waals surface area contributed by atoms with E-state index >= 15 is 0 Å². The summed E-state index contributed by atoms with van der Waals surface area (Å²) in [6, 6.07) is 20.7. The molecule has 20 heteroatoms. The number of ether oxygens (including phenoxy) is 3. The van der Waals surface area contributed by atoms with Gasteiger partial charge in [-0.05, 0) is 92.6 Å². The van der Waals surface area contributed by atoms with Gasteiger partial charge >= 0.3 is 0 Å². The summed E-state index contributed by atoms with van der Waals surface area (Å²) >= 11 is 6.79. The zero-order valence-corrected chi connectivity index (χ0v) is 46.5. The van der Waals surface area contributed by atoms with Crippen molar-refractivity contribution in [2.24, 2.45) is 10.4 Å². The third-order valence-corrected chi connectivity index (χ3v) is 15.8. The van der Waals surface area contributed by atoms with Crippen molar-refractivity contribution in [1.29, 1.82) is 0 Å². The quantitative estimate of drug-likeness (QED) is 0.0503. The van der Waals surface area contributed by atoms with Gasteiger partial charge < -0.3 is 40.2 Å². The fraction of sp³-hybridized carbons (Fsp3) is 0.418. The second kappa shape index (κ2) is 24.7. The van der Waals surface area contributed by atoms with E-state index in [9.17, 15) is 24.3 Å². The maximum atomic E-state index is 14.0. The Balaban J connectivity index is 0.723. The van der Waals surface area contributed by atoms with Gasteiger partial charge in [-0.1, -0.05) is 73.1 Å². The van der Waals surface area contributed by atoms with Gasteiger partial charge in [-0.3, -0.25) is 28.7 Å². The Morgan fingerprint density at radius 1 is 0.867 bits per heavy atom. The van der Waals surface area contributed by atoms with Crippen molar-refractivity contribution in [3.8, 4) is 21.2 Å². The summed E-state index contributed by atoms with van der Waals surface area (Å²) in [4.78, 5) is 67.3. The number of carbonyl (C=O) groups excluding carboxylic acids is 4. The third kappa shape index (κ3) is 13.6. The number of thiophene rings is 1. The number of amides is 4. The lowest BCUT2D eigenvalue weighted by molar-refractivity contribution is -0.144. The first-order valence-electron chi connectivity index (χ1n) is 25.0. The minimum atomic E-state index is -0.962. The molecule has 17 nitrogen and oxygen atoms in total. The number of β-amino-alcohol motifs (C(OH)–C–C–N with tert-alkyl or cyclic N) is 1. The van der Waals surface area contributed by atoms with E-state index in [0.717, 1.165) is 59.4 Å². The summed E-state index contributed by atoms with van der Waals surface area (Å²) in [5.41, 5.74) is 8.58. The maximum Gasteiger partial charge on any atom is 0.246 e. The monoisotopic (exact) mass is 1120 g/mol. The Kier molecular flexibility index (Phi) is 18.1. The zero-order valence-electron chi connectivity index (χ0n) is 43.3. The first-order chi connectivity index (χ1) is 35.9. The SMILES string of the molecule is Cc1ncsc1-c1ccc(CNC(=O)[C@@H]2C[C@@H](O)CN2C(=O)C(NC(=O)COCCCOCCCOc2ccc(NC(=O)C[C@@H]3N=C(c4ccc(Br)cc4)c4c(sc(C)c4C)-n4c(C)nnc43)cc2)C(C)(C)C)cc1. The smallest absolute Gasteiger partial charge is 0.246 e. The molecule has 1 unspecified atom stereocenters. The van der Waals surface area contributed by atoms with Crippen LogP contribution < -0.4 is 20.7 Å². The number of carbonyl (C=O) groups is 4. The fourth-order valence-corrected chi connectivity index (χ4v) is 11.3. The number of hydrogen-bond acceptors (Lipinski definition) is 14. The Morgan fingerprint density at radius 3 is 2.25 bits per heavy atom. The largest absolute Gasteiger partial charge is 0.494 e. The maximum absolute atomic E-state index is 14.0. The highest BCUT2D eigenvalue weighted by atomic mass is 79.9. The molecule has 4 amide bonds. The molecule has 6 aromatic rings. The number of aliphatic imine (C=N–C) groups is 1. The third-order valence-electron chi connectivity index (χ3n) is 13.1. The second-order valence-electron chi connectivity index (χ2n) is 19.8. The predicted molar refractivity (Wildman–Crippen MR) is 294 cm³/mol. The molecule has 1 saturated heterocycles. The molecule has 0 radical (unpaired) electrons. The highest BCUT2D eigenvalue weighted by Crippen LogP contribution is 2.40. The average Bonchev–Trinajstić information content (AvgIpc) is 4.16. The molecule has 1 fully saturated rings. The molecule has 4 N–H and O–H groups in total. The summed E-state index contributed by atoms with van der Waals surface area (Å²) in [6.07, 6.45) is 0.479. The summed E-state index contributed by atoms with van der Waals surface area (Å²) in [7, 11) is 0. The molecule has 0 bridgehead atoms. The topological polar surface area (TPSA) is 211 Å². The molecule has 0 aliphatic carbocycles. The first-order valence-corrected chi connectivity index (χ1v) is 27.5. The van der Waals surface area contributed by atoms with Crippen LogP contribution in [0.15, 0.2) is 87.8 Å². The second-order valence-corrected chi connectivity index (χ2v) is 22.8. The van der Waals surface area contributed by atoms with Crippen LogP contribution in [0.5, 0.6) is 5.75 Å². The first kappa shape index (κ1) is 55.1. The zero-order chi connectivity index (χ0) is 53.4. The van der Waals surface area contributed by atoms with E-state index in [1.165, 1.54) is 9.78 Å². The van der Waals surface area contributed by atoms with E-state index in [2.05, 4.69) is 60.9 Å². The Bertz CT molecular complexity index is 3000. The number of aliphatic hydroxyl groups excluding tert-OH is 1. The standard InChI is InChI=1S/C55H64BrN9O8S2/c1-32-34(3)75-54-47(32)48(37-14-16-39(56)17-15-37)60-43(51-63-62-35(4)65(51)54)27-45(67)59-40-18-20-42(21-19-40)73-25-9-23-71-22-8-24-72-30-46(68)61-50(55(5,6)7)53(70)64-29-41(66)26-44(64)52(69)57-28-36-10-12-38(13-11-36)49-33(2)58-31-74-49/h10-21,31,41,43-44,50,66H,8-9,22-30H2,1-7H3,(H,57,69)(H,59,67)(H,61,68)/t41-,43+,44+,50?/m1/s1. The number of anilines is 1.